The maximum absolute atomic E-state index is 13.2. The Morgan fingerprint density at radius 2 is 1.81 bits per heavy atom. The molecule has 5 heteroatoms. The number of hydrogen-bond donors (Lipinski definition) is 0. The van der Waals surface area contributed by atoms with Gasteiger partial charge in [-0.2, -0.15) is 13.2 Å². The van der Waals surface area contributed by atoms with Crippen LogP contribution in [-0.2, 0) is 0 Å². The van der Waals surface area contributed by atoms with Crippen LogP contribution in [0.2, 0.25) is 0 Å². The Labute approximate surface area is 90.1 Å². The molecule has 1 aromatic rings. The molecule has 0 amide bonds. The molecule has 0 unspecified atom stereocenters. The normalized spacial score (nSPS) is 11.9. The molecule has 0 aliphatic rings. The summed E-state index contributed by atoms with van der Waals surface area (Å²) in [7, 11) is 0. The fourth-order valence-electron chi connectivity index (χ4n) is 1.29. The molecule has 1 nitrogen and oxygen atoms in total. The topological polar surface area (TPSA) is 17.1 Å². The van der Waals surface area contributed by atoms with Crippen LogP contribution in [0.25, 0.3) is 0 Å². The van der Waals surface area contributed by atoms with Gasteiger partial charge in [-0.15, -0.1) is 0 Å². The molecule has 0 atom stereocenters. The van der Waals surface area contributed by atoms with Gasteiger partial charge in [-0.05, 0) is 29.7 Å². The number of carbonyl (C=O) groups excluding carboxylic acids is 1. The highest BCUT2D eigenvalue weighted by molar-refractivity contribution is 6.00. The highest BCUT2D eigenvalue weighted by atomic mass is 19.4. The minimum atomic E-state index is -4.92. The van der Waals surface area contributed by atoms with Crippen LogP contribution in [0.1, 0.15) is 35.7 Å². The minimum Gasteiger partial charge on any atom is -0.284 e. The molecule has 0 spiro atoms. The Balaban J connectivity index is 3.18. The summed E-state index contributed by atoms with van der Waals surface area (Å²) in [6.45, 7) is 3.28. The highest BCUT2D eigenvalue weighted by Crippen LogP contribution is 2.25. The molecule has 0 fully saturated rings. The molecule has 0 aliphatic heterocycles. The molecule has 1 aromatic carbocycles. The third kappa shape index (κ3) is 2.59. The van der Waals surface area contributed by atoms with Crippen LogP contribution >= 0.6 is 0 Å². The number of Topliss-reactive ketones (excluding diaryl/α,β-unsaturated/α-hetero) is 1. The van der Waals surface area contributed by atoms with E-state index in [1.54, 1.807) is 13.8 Å². The van der Waals surface area contributed by atoms with Crippen molar-refractivity contribution in [3.05, 3.63) is 35.1 Å². The average molecular weight is 234 g/mol. The highest BCUT2D eigenvalue weighted by Gasteiger charge is 2.39. The molecule has 0 saturated carbocycles. The lowest BCUT2D eigenvalue weighted by atomic mass is 9.98. The predicted octanol–water partition coefficient (Wildman–Crippen LogP) is 3.69. The second-order valence-corrected chi connectivity index (χ2v) is 3.72. The first-order chi connectivity index (χ1) is 7.23. The van der Waals surface area contributed by atoms with Crippen molar-refractivity contribution in [1.29, 1.82) is 0 Å². The first-order valence-electron chi connectivity index (χ1n) is 4.64. The Hall–Kier alpha value is -1.39. The zero-order valence-corrected chi connectivity index (χ0v) is 8.73. The maximum Gasteiger partial charge on any atom is 0.454 e. The Morgan fingerprint density at radius 1 is 1.25 bits per heavy atom. The largest absolute Gasteiger partial charge is 0.454 e. The van der Waals surface area contributed by atoms with Crippen LogP contribution in [0.5, 0.6) is 0 Å². The molecular weight excluding hydrogens is 224 g/mol. The van der Waals surface area contributed by atoms with E-state index in [0.29, 0.717) is 0 Å². The average Bonchev–Trinajstić information content (AvgIpc) is 2.15. The first kappa shape index (κ1) is 12.7. The van der Waals surface area contributed by atoms with Crippen LogP contribution in [-0.4, -0.2) is 12.0 Å². The van der Waals surface area contributed by atoms with E-state index in [4.69, 9.17) is 0 Å². The fraction of sp³-hybridized carbons (Fsp3) is 0.364. The Kier molecular flexibility index (Phi) is 3.35. The second-order valence-electron chi connectivity index (χ2n) is 3.72. The van der Waals surface area contributed by atoms with Gasteiger partial charge in [-0.3, -0.25) is 4.79 Å². The van der Waals surface area contributed by atoms with Crippen molar-refractivity contribution >= 4 is 5.78 Å². The molecular formula is C11H10F4O. The molecule has 0 N–H and O–H groups in total. The number of ketones is 1. The van der Waals surface area contributed by atoms with Crippen molar-refractivity contribution in [2.45, 2.75) is 25.9 Å². The quantitative estimate of drug-likeness (QED) is 0.563. The van der Waals surface area contributed by atoms with E-state index >= 15 is 0 Å². The molecule has 1 rings (SSSR count). The third-order valence-electron chi connectivity index (χ3n) is 2.14. The number of alkyl halides is 3. The first-order valence-corrected chi connectivity index (χ1v) is 4.64. The van der Waals surface area contributed by atoms with E-state index in [9.17, 15) is 22.4 Å². The summed E-state index contributed by atoms with van der Waals surface area (Å²) in [6.07, 6.45) is -4.92. The van der Waals surface area contributed by atoms with E-state index in [-0.39, 0.29) is 11.5 Å². The van der Waals surface area contributed by atoms with Crippen molar-refractivity contribution < 1.29 is 22.4 Å². The lowest BCUT2D eigenvalue weighted by Gasteiger charge is -2.10. The van der Waals surface area contributed by atoms with Crippen LogP contribution < -0.4 is 0 Å². The van der Waals surface area contributed by atoms with Gasteiger partial charge in [0.05, 0.1) is 0 Å². The SMILES string of the molecule is CC(C)c1cc(C(=O)C(F)(F)F)ccc1F. The minimum absolute atomic E-state index is 0.107. The molecule has 0 aliphatic carbocycles. The van der Waals surface area contributed by atoms with Crippen LogP contribution in [0.3, 0.4) is 0 Å². The maximum atomic E-state index is 13.2. The molecule has 0 radical (unpaired) electrons. The number of benzene rings is 1. The van der Waals surface area contributed by atoms with Gasteiger partial charge in [0.25, 0.3) is 5.78 Å². The van der Waals surface area contributed by atoms with Gasteiger partial charge < -0.3 is 0 Å². The zero-order valence-electron chi connectivity index (χ0n) is 8.73. The van der Waals surface area contributed by atoms with Gasteiger partial charge in [-0.1, -0.05) is 13.8 Å². The summed E-state index contributed by atoms with van der Waals surface area (Å²) in [4.78, 5) is 10.9. The van der Waals surface area contributed by atoms with Crippen molar-refractivity contribution in [2.24, 2.45) is 0 Å². The monoisotopic (exact) mass is 234 g/mol. The number of rotatable bonds is 2. The fourth-order valence-corrected chi connectivity index (χ4v) is 1.29. The predicted molar refractivity (Wildman–Crippen MR) is 50.9 cm³/mol. The Morgan fingerprint density at radius 3 is 2.25 bits per heavy atom. The summed E-state index contributed by atoms with van der Waals surface area (Å²) in [5, 5.41) is 0. The van der Waals surface area contributed by atoms with E-state index in [2.05, 4.69) is 0 Å². The Bertz CT molecular complexity index is 407. The van der Waals surface area contributed by atoms with Gasteiger partial charge in [0.2, 0.25) is 0 Å². The van der Waals surface area contributed by atoms with Crippen molar-refractivity contribution in [3.63, 3.8) is 0 Å². The number of hydrogen-bond acceptors (Lipinski definition) is 1. The van der Waals surface area contributed by atoms with Crippen molar-refractivity contribution in [3.8, 4) is 0 Å². The summed E-state index contributed by atoms with van der Waals surface area (Å²) in [6, 6.07) is 2.68. The lowest BCUT2D eigenvalue weighted by Crippen LogP contribution is -2.23. The van der Waals surface area contributed by atoms with Crippen molar-refractivity contribution in [2.75, 3.05) is 0 Å². The standard InChI is InChI=1S/C11H10F4O/c1-6(2)8-5-7(3-4-9(8)12)10(16)11(13,14)15/h3-6H,1-2H3. The van der Waals surface area contributed by atoms with E-state index in [0.717, 1.165) is 18.2 Å². The van der Waals surface area contributed by atoms with Gasteiger partial charge in [0.1, 0.15) is 5.82 Å². The summed E-state index contributed by atoms with van der Waals surface area (Å²) >= 11 is 0. The summed E-state index contributed by atoms with van der Waals surface area (Å²) in [5.41, 5.74) is -0.423. The van der Waals surface area contributed by atoms with E-state index in [1.165, 1.54) is 0 Å². The van der Waals surface area contributed by atoms with Crippen LogP contribution in [0.4, 0.5) is 17.6 Å². The molecule has 16 heavy (non-hydrogen) atoms. The smallest absolute Gasteiger partial charge is 0.284 e. The second kappa shape index (κ2) is 4.23. The molecule has 0 saturated heterocycles. The van der Waals surface area contributed by atoms with Gasteiger partial charge in [0, 0.05) is 5.56 Å². The third-order valence-corrected chi connectivity index (χ3v) is 2.14. The van der Waals surface area contributed by atoms with Crippen LogP contribution in [0, 0.1) is 5.82 Å². The summed E-state index contributed by atoms with van der Waals surface area (Å²) < 4.78 is 49.6. The van der Waals surface area contributed by atoms with Gasteiger partial charge in [0.15, 0.2) is 0 Å². The van der Waals surface area contributed by atoms with E-state index in [1.807, 2.05) is 0 Å². The molecule has 88 valence electrons. The number of carbonyl (C=O) groups is 1. The molecule has 0 bridgehead atoms. The van der Waals surface area contributed by atoms with Crippen molar-refractivity contribution in [1.82, 2.24) is 0 Å². The molecule has 0 aromatic heterocycles. The lowest BCUT2D eigenvalue weighted by molar-refractivity contribution is -0.0885. The van der Waals surface area contributed by atoms with Gasteiger partial charge >= 0.3 is 6.18 Å². The van der Waals surface area contributed by atoms with Gasteiger partial charge in [-0.25, -0.2) is 4.39 Å². The van der Waals surface area contributed by atoms with E-state index < -0.39 is 23.3 Å². The summed E-state index contributed by atoms with van der Waals surface area (Å²) in [5.74, 6) is -2.83. The number of halogens is 4. The van der Waals surface area contributed by atoms with Crippen LogP contribution in [0.15, 0.2) is 18.2 Å². The molecule has 0 heterocycles. The zero-order chi connectivity index (χ0) is 12.5.